The summed E-state index contributed by atoms with van der Waals surface area (Å²) in [6, 6.07) is 11.5. The fraction of sp³-hybridized carbons (Fsp3) is 0.0625. The first-order valence-corrected chi connectivity index (χ1v) is 6.74. The standard InChI is InChI=1S/C16H12ClFN2O/c1-20-7-6-10-8-11(2-5-15(10)20)16(21)19-12-3-4-14(18)13(17)9-12/h2-9H,1H3,(H,19,21). The summed E-state index contributed by atoms with van der Waals surface area (Å²) in [6.07, 6.45) is 1.94. The number of aromatic nitrogens is 1. The van der Waals surface area contributed by atoms with Gasteiger partial charge in [-0.05, 0) is 42.5 Å². The number of anilines is 1. The normalized spacial score (nSPS) is 10.8. The Kier molecular flexibility index (Phi) is 3.39. The Morgan fingerprint density at radius 3 is 2.76 bits per heavy atom. The molecular weight excluding hydrogens is 291 g/mol. The van der Waals surface area contributed by atoms with Gasteiger partial charge in [0.15, 0.2) is 0 Å². The van der Waals surface area contributed by atoms with Crippen LogP contribution in [0, 0.1) is 5.82 Å². The van der Waals surface area contributed by atoms with E-state index in [4.69, 9.17) is 11.6 Å². The Morgan fingerprint density at radius 1 is 1.19 bits per heavy atom. The molecule has 0 fully saturated rings. The number of amides is 1. The number of carbonyl (C=O) groups excluding carboxylic acids is 1. The van der Waals surface area contributed by atoms with Gasteiger partial charge >= 0.3 is 0 Å². The van der Waals surface area contributed by atoms with Gasteiger partial charge in [0.1, 0.15) is 5.82 Å². The van der Waals surface area contributed by atoms with Gasteiger partial charge in [-0.25, -0.2) is 4.39 Å². The summed E-state index contributed by atoms with van der Waals surface area (Å²) in [6.45, 7) is 0. The van der Waals surface area contributed by atoms with Crippen LogP contribution >= 0.6 is 11.6 Å². The zero-order valence-electron chi connectivity index (χ0n) is 11.2. The van der Waals surface area contributed by atoms with E-state index >= 15 is 0 Å². The van der Waals surface area contributed by atoms with Gasteiger partial charge in [0.25, 0.3) is 5.91 Å². The summed E-state index contributed by atoms with van der Waals surface area (Å²) in [7, 11) is 1.95. The molecule has 5 heteroatoms. The molecule has 2 aromatic carbocycles. The number of hydrogen-bond acceptors (Lipinski definition) is 1. The Bertz CT molecular complexity index is 841. The summed E-state index contributed by atoms with van der Waals surface area (Å²) in [4.78, 5) is 12.2. The number of fused-ring (bicyclic) bond motifs is 1. The first-order valence-electron chi connectivity index (χ1n) is 6.36. The van der Waals surface area contributed by atoms with Gasteiger partial charge in [0.2, 0.25) is 0 Å². The lowest BCUT2D eigenvalue weighted by atomic mass is 10.1. The lowest BCUT2D eigenvalue weighted by Crippen LogP contribution is -2.11. The summed E-state index contributed by atoms with van der Waals surface area (Å²) in [5, 5.41) is 3.67. The minimum absolute atomic E-state index is 0.0219. The minimum atomic E-state index is -0.514. The van der Waals surface area contributed by atoms with Crippen LogP contribution in [0.2, 0.25) is 5.02 Å². The van der Waals surface area contributed by atoms with Crippen molar-refractivity contribution in [2.24, 2.45) is 7.05 Å². The van der Waals surface area contributed by atoms with E-state index in [9.17, 15) is 9.18 Å². The van der Waals surface area contributed by atoms with Crippen molar-refractivity contribution in [1.82, 2.24) is 4.57 Å². The highest BCUT2D eigenvalue weighted by molar-refractivity contribution is 6.31. The van der Waals surface area contributed by atoms with Crippen molar-refractivity contribution in [1.29, 1.82) is 0 Å². The fourth-order valence-electron chi connectivity index (χ4n) is 2.20. The zero-order valence-corrected chi connectivity index (χ0v) is 12.0. The van der Waals surface area contributed by atoms with Gasteiger partial charge in [-0.3, -0.25) is 4.79 Å². The Hall–Kier alpha value is -2.33. The van der Waals surface area contributed by atoms with E-state index in [0.29, 0.717) is 11.3 Å². The SMILES string of the molecule is Cn1ccc2cc(C(=O)Nc3ccc(F)c(Cl)c3)ccc21. The van der Waals surface area contributed by atoms with E-state index < -0.39 is 5.82 Å². The van der Waals surface area contributed by atoms with E-state index in [1.807, 2.05) is 36.0 Å². The van der Waals surface area contributed by atoms with E-state index in [1.165, 1.54) is 18.2 Å². The molecule has 0 aliphatic carbocycles. The quantitative estimate of drug-likeness (QED) is 0.755. The van der Waals surface area contributed by atoms with E-state index in [0.717, 1.165) is 10.9 Å². The van der Waals surface area contributed by atoms with Crippen molar-refractivity contribution in [3.63, 3.8) is 0 Å². The molecule has 0 radical (unpaired) electrons. The molecule has 3 rings (SSSR count). The number of rotatable bonds is 2. The molecule has 0 aliphatic rings. The number of nitrogens with one attached hydrogen (secondary N) is 1. The number of benzene rings is 2. The van der Waals surface area contributed by atoms with Gasteiger partial charge in [-0.1, -0.05) is 11.6 Å². The van der Waals surface area contributed by atoms with Gasteiger partial charge in [0, 0.05) is 35.4 Å². The lowest BCUT2D eigenvalue weighted by Gasteiger charge is -2.06. The topological polar surface area (TPSA) is 34.0 Å². The summed E-state index contributed by atoms with van der Waals surface area (Å²) >= 11 is 5.70. The summed E-state index contributed by atoms with van der Waals surface area (Å²) in [5.41, 5.74) is 2.05. The van der Waals surface area contributed by atoms with Gasteiger partial charge in [-0.15, -0.1) is 0 Å². The monoisotopic (exact) mass is 302 g/mol. The van der Waals surface area contributed by atoms with Crippen LogP contribution in [-0.4, -0.2) is 10.5 Å². The van der Waals surface area contributed by atoms with Crippen LogP contribution in [0.4, 0.5) is 10.1 Å². The summed E-state index contributed by atoms with van der Waals surface area (Å²) in [5.74, 6) is -0.774. The average molecular weight is 303 g/mol. The number of carbonyl (C=O) groups is 1. The highest BCUT2D eigenvalue weighted by Crippen LogP contribution is 2.21. The Labute approximate surface area is 125 Å². The maximum absolute atomic E-state index is 13.1. The van der Waals surface area contributed by atoms with Gasteiger partial charge < -0.3 is 9.88 Å². The second kappa shape index (κ2) is 5.22. The molecule has 1 aromatic heterocycles. The molecule has 0 saturated carbocycles. The van der Waals surface area contributed by atoms with E-state index in [1.54, 1.807) is 6.07 Å². The largest absolute Gasteiger partial charge is 0.351 e. The molecule has 3 aromatic rings. The molecule has 0 atom stereocenters. The highest BCUT2D eigenvalue weighted by Gasteiger charge is 2.09. The van der Waals surface area contributed by atoms with Crippen molar-refractivity contribution in [3.8, 4) is 0 Å². The summed E-state index contributed by atoms with van der Waals surface area (Å²) < 4.78 is 15.1. The molecule has 3 nitrogen and oxygen atoms in total. The second-order valence-electron chi connectivity index (χ2n) is 4.78. The number of nitrogens with zero attached hydrogens (tertiary/aromatic N) is 1. The zero-order chi connectivity index (χ0) is 15.0. The van der Waals surface area contributed by atoms with Crippen LogP contribution in [0.25, 0.3) is 10.9 Å². The van der Waals surface area contributed by atoms with Crippen LogP contribution < -0.4 is 5.32 Å². The molecule has 0 spiro atoms. The number of aryl methyl sites for hydroxylation is 1. The first-order chi connectivity index (χ1) is 10.0. The van der Waals surface area contributed by atoms with Crippen LogP contribution in [-0.2, 0) is 7.05 Å². The van der Waals surface area contributed by atoms with Crippen LogP contribution in [0.5, 0.6) is 0 Å². The molecule has 0 bridgehead atoms. The molecule has 1 N–H and O–H groups in total. The van der Waals surface area contributed by atoms with E-state index in [2.05, 4.69) is 5.32 Å². The van der Waals surface area contributed by atoms with E-state index in [-0.39, 0.29) is 10.9 Å². The predicted octanol–water partition coefficient (Wildman–Crippen LogP) is 4.22. The van der Waals surface area contributed by atoms with Crippen molar-refractivity contribution >= 4 is 34.1 Å². The molecule has 0 aliphatic heterocycles. The molecular formula is C16H12ClFN2O. The third kappa shape index (κ3) is 2.62. The van der Waals surface area contributed by atoms with Crippen molar-refractivity contribution in [2.75, 3.05) is 5.32 Å². The Balaban J connectivity index is 1.87. The third-order valence-corrected chi connectivity index (χ3v) is 3.61. The minimum Gasteiger partial charge on any atom is -0.351 e. The number of halogens is 2. The molecule has 0 saturated heterocycles. The molecule has 0 unspecified atom stereocenters. The molecule has 1 amide bonds. The lowest BCUT2D eigenvalue weighted by molar-refractivity contribution is 0.102. The van der Waals surface area contributed by atoms with Crippen LogP contribution in [0.3, 0.4) is 0 Å². The first kappa shape index (κ1) is 13.6. The second-order valence-corrected chi connectivity index (χ2v) is 5.19. The van der Waals surface area contributed by atoms with Crippen LogP contribution in [0.15, 0.2) is 48.7 Å². The van der Waals surface area contributed by atoms with Crippen molar-refractivity contribution in [3.05, 3.63) is 65.1 Å². The Morgan fingerprint density at radius 2 is 2.00 bits per heavy atom. The molecule has 21 heavy (non-hydrogen) atoms. The maximum Gasteiger partial charge on any atom is 0.255 e. The molecule has 1 heterocycles. The third-order valence-electron chi connectivity index (χ3n) is 3.32. The highest BCUT2D eigenvalue weighted by atomic mass is 35.5. The van der Waals surface area contributed by atoms with Crippen molar-refractivity contribution in [2.45, 2.75) is 0 Å². The fourth-order valence-corrected chi connectivity index (χ4v) is 2.38. The molecule has 106 valence electrons. The smallest absolute Gasteiger partial charge is 0.255 e. The van der Waals surface area contributed by atoms with Gasteiger partial charge in [0.05, 0.1) is 5.02 Å². The number of hydrogen-bond donors (Lipinski definition) is 1. The van der Waals surface area contributed by atoms with Crippen LogP contribution in [0.1, 0.15) is 10.4 Å². The van der Waals surface area contributed by atoms with Gasteiger partial charge in [-0.2, -0.15) is 0 Å². The maximum atomic E-state index is 13.1. The predicted molar refractivity (Wildman–Crippen MR) is 82.3 cm³/mol. The average Bonchev–Trinajstić information content (AvgIpc) is 2.84. The van der Waals surface area contributed by atoms with Crippen molar-refractivity contribution < 1.29 is 9.18 Å².